The topological polar surface area (TPSA) is 260 Å². The van der Waals surface area contributed by atoms with Crippen LogP contribution in [0.5, 0.6) is 0 Å². The fraction of sp³-hybridized carbons (Fsp3) is 0.273. The van der Waals surface area contributed by atoms with Gasteiger partial charge in [0.1, 0.15) is 28.9 Å². The summed E-state index contributed by atoms with van der Waals surface area (Å²) in [5.41, 5.74) is 10.6. The quantitative estimate of drug-likeness (QED) is 0.104. The largest absolute Gasteiger partial charge is 0.326 e. The maximum atomic E-state index is 12.8. The third-order valence-corrected chi connectivity index (χ3v) is 11.2. The van der Waals surface area contributed by atoms with Crippen LogP contribution in [-0.2, 0) is 48.2 Å². The lowest BCUT2D eigenvalue weighted by molar-refractivity contribution is -0.137. The Balaban J connectivity index is 0.000000181. The number of ketones is 1. The summed E-state index contributed by atoms with van der Waals surface area (Å²) in [6, 6.07) is 19.3. The van der Waals surface area contributed by atoms with Crippen molar-refractivity contribution >= 4 is 86.2 Å². The highest BCUT2D eigenvalue weighted by Crippen LogP contribution is 2.22. The van der Waals surface area contributed by atoms with Crippen molar-refractivity contribution in [1.29, 1.82) is 0 Å². The molecule has 0 bridgehead atoms. The van der Waals surface area contributed by atoms with Crippen LogP contribution in [0.4, 0.5) is 5.69 Å². The van der Waals surface area contributed by atoms with Crippen molar-refractivity contribution in [3.63, 3.8) is 0 Å². The predicted octanol–water partition coefficient (Wildman–Crippen LogP) is 4.32. The van der Waals surface area contributed by atoms with Gasteiger partial charge in [0.15, 0.2) is 0 Å². The van der Waals surface area contributed by atoms with E-state index < -0.39 is 35.0 Å². The molecule has 328 valence electrons. The Hall–Kier alpha value is -7.11. The van der Waals surface area contributed by atoms with Crippen LogP contribution in [-0.4, -0.2) is 65.5 Å². The van der Waals surface area contributed by atoms with E-state index in [-0.39, 0.29) is 43.3 Å². The SMILES string of the molecule is Cc1ccc(CC(=O)CCc2ccc3c(=O)n(C4CCC(=O)NC4=O)nnc3c2)cc1Cl.Cc1ccc(N=C=O)cc1Cl.NCc1ccc2c(=O)n(C3CCC(=O)NC3=O)nnc2c1. The second kappa shape index (κ2) is 20.8. The highest BCUT2D eigenvalue weighted by atomic mass is 35.5. The predicted molar refractivity (Wildman–Crippen MR) is 236 cm³/mol. The first kappa shape index (κ1) is 46.4. The summed E-state index contributed by atoms with van der Waals surface area (Å²) >= 11 is 11.9. The molecule has 2 aliphatic heterocycles. The van der Waals surface area contributed by atoms with Crippen molar-refractivity contribution in [2.45, 2.75) is 77.4 Å². The molecule has 0 radical (unpaired) electrons. The van der Waals surface area contributed by atoms with Gasteiger partial charge in [-0.2, -0.15) is 14.4 Å². The molecule has 0 spiro atoms. The van der Waals surface area contributed by atoms with E-state index in [0.29, 0.717) is 63.3 Å². The molecule has 18 nitrogen and oxygen atoms in total. The van der Waals surface area contributed by atoms with Crippen molar-refractivity contribution in [3.8, 4) is 0 Å². The zero-order chi connectivity index (χ0) is 46.1. The molecule has 2 aromatic heterocycles. The molecule has 6 aromatic rings. The highest BCUT2D eigenvalue weighted by molar-refractivity contribution is 6.31. The van der Waals surface area contributed by atoms with Crippen molar-refractivity contribution < 1.29 is 28.8 Å². The van der Waals surface area contributed by atoms with Crippen LogP contribution in [0.25, 0.3) is 21.8 Å². The minimum absolute atomic E-state index is 0.0874. The number of hydrogen-bond donors (Lipinski definition) is 3. The Bertz CT molecular complexity index is 3000. The number of piperidine rings is 2. The number of aryl methyl sites for hydroxylation is 3. The maximum absolute atomic E-state index is 12.8. The van der Waals surface area contributed by atoms with Crippen LogP contribution >= 0.6 is 23.2 Å². The van der Waals surface area contributed by atoms with Crippen molar-refractivity contribution in [1.82, 2.24) is 40.6 Å². The number of halogens is 2. The van der Waals surface area contributed by atoms with E-state index in [1.165, 1.54) is 6.08 Å². The number of hydrogen-bond acceptors (Lipinski definition) is 14. The molecular formula is C44H40Cl2N10O8. The first-order chi connectivity index (χ1) is 30.6. The Kier molecular flexibility index (Phi) is 15.1. The average Bonchev–Trinajstić information content (AvgIpc) is 3.27. The average molecular weight is 908 g/mol. The van der Waals surface area contributed by atoms with Crippen molar-refractivity contribution in [2.75, 3.05) is 0 Å². The van der Waals surface area contributed by atoms with E-state index in [1.54, 1.807) is 54.6 Å². The summed E-state index contributed by atoms with van der Waals surface area (Å²) in [6.07, 6.45) is 3.37. The Labute approximate surface area is 373 Å². The van der Waals surface area contributed by atoms with Gasteiger partial charge in [0.05, 0.1) is 16.5 Å². The van der Waals surface area contributed by atoms with Crippen molar-refractivity contribution in [3.05, 3.63) is 131 Å². The molecule has 0 saturated carbocycles. The summed E-state index contributed by atoms with van der Waals surface area (Å²) in [5, 5.41) is 22.2. The monoisotopic (exact) mass is 906 g/mol. The first-order valence-corrected chi connectivity index (χ1v) is 20.7. The van der Waals surface area contributed by atoms with Crippen LogP contribution in [0, 0.1) is 13.8 Å². The highest BCUT2D eigenvalue weighted by Gasteiger charge is 2.31. The van der Waals surface area contributed by atoms with E-state index in [9.17, 15) is 38.4 Å². The molecule has 4 aromatic carbocycles. The van der Waals surface area contributed by atoms with Gasteiger partial charge in [-0.1, -0.05) is 64.0 Å². The molecule has 20 heteroatoms. The summed E-state index contributed by atoms with van der Waals surface area (Å²) in [6.45, 7) is 4.14. The van der Waals surface area contributed by atoms with E-state index in [0.717, 1.165) is 37.2 Å². The second-order valence-electron chi connectivity index (χ2n) is 15.0. The van der Waals surface area contributed by atoms with Gasteiger partial charge in [0, 0.05) is 42.3 Å². The van der Waals surface area contributed by atoms with Gasteiger partial charge in [0.25, 0.3) is 22.9 Å². The molecule has 2 aliphatic rings. The molecule has 64 heavy (non-hydrogen) atoms. The van der Waals surface area contributed by atoms with Gasteiger partial charge in [0.2, 0.25) is 17.9 Å². The number of benzene rings is 4. The van der Waals surface area contributed by atoms with E-state index in [2.05, 4.69) is 36.3 Å². The number of nitrogens with one attached hydrogen (secondary N) is 2. The molecule has 2 unspecified atom stereocenters. The van der Waals surface area contributed by atoms with Gasteiger partial charge in [-0.25, -0.2) is 4.79 Å². The number of amides is 4. The Morgan fingerprint density at radius 1 is 0.719 bits per heavy atom. The summed E-state index contributed by atoms with van der Waals surface area (Å²) in [4.78, 5) is 97.3. The zero-order valence-electron chi connectivity index (χ0n) is 34.5. The fourth-order valence-electron chi connectivity index (χ4n) is 6.77. The fourth-order valence-corrected chi connectivity index (χ4v) is 7.15. The van der Waals surface area contributed by atoms with Crippen LogP contribution in [0.15, 0.2) is 87.4 Å². The Morgan fingerprint density at radius 2 is 1.22 bits per heavy atom. The maximum Gasteiger partial charge on any atom is 0.278 e. The summed E-state index contributed by atoms with van der Waals surface area (Å²) in [5.74, 6) is -1.70. The van der Waals surface area contributed by atoms with Gasteiger partial charge in [-0.3, -0.25) is 44.2 Å². The van der Waals surface area contributed by atoms with Gasteiger partial charge < -0.3 is 5.73 Å². The Morgan fingerprint density at radius 3 is 1.72 bits per heavy atom. The number of nitrogens with zero attached hydrogens (tertiary/aromatic N) is 7. The molecule has 8 rings (SSSR count). The van der Waals surface area contributed by atoms with Crippen LogP contribution in [0.2, 0.25) is 10.0 Å². The number of aromatic nitrogens is 6. The van der Waals surface area contributed by atoms with Crippen LogP contribution < -0.4 is 27.5 Å². The molecule has 2 saturated heterocycles. The number of aliphatic imine (C=N–C) groups is 1. The minimum atomic E-state index is -0.857. The summed E-state index contributed by atoms with van der Waals surface area (Å²) < 4.78 is 2.06. The smallest absolute Gasteiger partial charge is 0.278 e. The lowest BCUT2D eigenvalue weighted by Gasteiger charge is -2.21. The van der Waals surface area contributed by atoms with Gasteiger partial charge in [-0.05, 0) is 103 Å². The molecule has 2 atom stereocenters. The van der Waals surface area contributed by atoms with E-state index in [1.807, 2.05) is 32.0 Å². The van der Waals surface area contributed by atoms with E-state index in [4.69, 9.17) is 28.9 Å². The van der Waals surface area contributed by atoms with Gasteiger partial charge in [-0.15, -0.1) is 10.2 Å². The third-order valence-electron chi connectivity index (χ3n) is 10.4. The molecule has 4 heterocycles. The molecule has 2 fully saturated rings. The first-order valence-electron chi connectivity index (χ1n) is 19.9. The number of Topliss-reactive ketones (excluding diaryl/α,β-unsaturated/α-hetero) is 1. The number of carbonyl (C=O) groups is 5. The molecule has 4 amide bonds. The minimum Gasteiger partial charge on any atom is -0.326 e. The molecular weight excluding hydrogens is 867 g/mol. The number of imide groups is 2. The standard InChI is InChI=1S/C23H21ClN4O4.C13H13N5O3.C8H6ClNO/c1-13-2-3-15(11-18(13)24)10-16(29)6-4-14-5-7-17-19(12-14)26-27-28(23(17)32)20-8-9-21(30)25-22(20)31;14-6-7-1-2-8-9(5-7)16-17-18(13(8)21)10-3-4-11(19)15-12(10)20;1-6-2-3-7(10-5-11)4-8(6)9/h2-3,5,7,11-12,20H,4,6,8-10H2,1H3,(H,25,30,31);1-2,5,10H,3-4,6,14H2,(H,15,19,20);2-4H,1H3. The zero-order valence-corrected chi connectivity index (χ0v) is 36.0. The lowest BCUT2D eigenvalue weighted by atomic mass is 10.0. The number of rotatable bonds is 9. The van der Waals surface area contributed by atoms with E-state index >= 15 is 0 Å². The van der Waals surface area contributed by atoms with Crippen LogP contribution in [0.1, 0.15) is 72.0 Å². The van der Waals surface area contributed by atoms with Gasteiger partial charge >= 0.3 is 0 Å². The second-order valence-corrected chi connectivity index (χ2v) is 15.8. The molecule has 0 aliphatic carbocycles. The lowest BCUT2D eigenvalue weighted by Crippen LogP contribution is -2.45. The third kappa shape index (κ3) is 11.3. The molecule has 4 N–H and O–H groups in total. The van der Waals surface area contributed by atoms with Crippen LogP contribution in [0.3, 0.4) is 0 Å². The number of nitrogens with two attached hydrogens (primary N) is 1. The van der Waals surface area contributed by atoms with Crippen molar-refractivity contribution in [2.24, 2.45) is 10.7 Å². The number of isocyanates is 1. The number of carbonyl (C=O) groups excluding carboxylic acids is 6. The normalized spacial score (nSPS) is 15.8. The summed E-state index contributed by atoms with van der Waals surface area (Å²) in [7, 11) is 0. The number of fused-ring (bicyclic) bond motifs is 2.